The number of benzene rings is 1. The van der Waals surface area contributed by atoms with Crippen molar-refractivity contribution in [2.45, 2.75) is 25.4 Å². The minimum Gasteiger partial charge on any atom is -0.467 e. The van der Waals surface area contributed by atoms with Gasteiger partial charge in [0, 0.05) is 37.8 Å². The van der Waals surface area contributed by atoms with Gasteiger partial charge in [0.15, 0.2) is 11.0 Å². The van der Waals surface area contributed by atoms with Crippen LogP contribution in [0.15, 0.2) is 30.6 Å². The minimum absolute atomic E-state index is 0.0530. The summed E-state index contributed by atoms with van der Waals surface area (Å²) in [5, 5.41) is 7.62. The van der Waals surface area contributed by atoms with Crippen LogP contribution >= 0.6 is 11.6 Å². The Kier molecular flexibility index (Phi) is 6.55. The number of carbonyl (C=O) groups excluding carboxylic acids is 2. The van der Waals surface area contributed by atoms with E-state index in [4.69, 9.17) is 16.3 Å². The third-order valence-corrected chi connectivity index (χ3v) is 6.72. The summed E-state index contributed by atoms with van der Waals surface area (Å²) < 4.78 is 62.7. The number of hydrogen-bond donors (Lipinski definition) is 0. The summed E-state index contributed by atoms with van der Waals surface area (Å²) in [5.74, 6) is -3.23. The number of ether oxygens (including phenoxy) is 1. The molecule has 38 heavy (non-hydrogen) atoms. The predicted molar refractivity (Wildman–Crippen MR) is 127 cm³/mol. The Morgan fingerprint density at radius 1 is 1.24 bits per heavy atom. The predicted octanol–water partition coefficient (Wildman–Crippen LogP) is 3.94. The van der Waals surface area contributed by atoms with Crippen molar-refractivity contribution in [1.29, 1.82) is 0 Å². The zero-order valence-corrected chi connectivity index (χ0v) is 20.7. The Labute approximate surface area is 217 Å². The third kappa shape index (κ3) is 4.26. The smallest absolute Gasteiger partial charge is 0.333 e. The van der Waals surface area contributed by atoms with E-state index in [2.05, 4.69) is 15.2 Å². The molecule has 9 nitrogen and oxygen atoms in total. The maximum Gasteiger partial charge on any atom is 0.333 e. The maximum atomic E-state index is 15.2. The van der Waals surface area contributed by atoms with E-state index >= 15 is 8.78 Å². The number of pyridine rings is 1. The Hall–Kier alpha value is -4.00. The van der Waals surface area contributed by atoms with Crippen molar-refractivity contribution >= 4 is 34.5 Å². The van der Waals surface area contributed by atoms with E-state index in [1.165, 1.54) is 16.8 Å². The Morgan fingerprint density at radius 2 is 2.00 bits per heavy atom. The summed E-state index contributed by atoms with van der Waals surface area (Å²) in [4.78, 5) is 31.6. The molecule has 1 aromatic carbocycles. The number of esters is 1. The molecule has 0 radical (unpaired) electrons. The number of fused-ring (bicyclic) bond motifs is 2. The first kappa shape index (κ1) is 25.6. The van der Waals surface area contributed by atoms with Crippen molar-refractivity contribution in [1.82, 2.24) is 29.4 Å². The summed E-state index contributed by atoms with van der Waals surface area (Å²) in [6, 6.07) is 2.32. The fourth-order valence-electron chi connectivity index (χ4n) is 4.68. The van der Waals surface area contributed by atoms with Crippen LogP contribution in [0.25, 0.3) is 22.3 Å². The molecular formula is C24H19ClF4N6O3. The number of hydrogen-bond acceptors (Lipinski definition) is 6. The lowest BCUT2D eigenvalue weighted by Gasteiger charge is -2.34. The zero-order valence-electron chi connectivity index (χ0n) is 20.0. The molecule has 1 aliphatic rings. The normalized spacial score (nSPS) is 14.3. The summed E-state index contributed by atoms with van der Waals surface area (Å²) in [5.41, 5.74) is 0.778. The van der Waals surface area contributed by atoms with Crippen molar-refractivity contribution < 1.29 is 31.9 Å². The number of amides is 1. The van der Waals surface area contributed by atoms with Gasteiger partial charge in [-0.1, -0.05) is 11.6 Å². The molecule has 1 atom stereocenters. The molecule has 1 amide bonds. The van der Waals surface area contributed by atoms with E-state index in [1.54, 1.807) is 7.05 Å². The summed E-state index contributed by atoms with van der Waals surface area (Å²) >= 11 is 6.14. The summed E-state index contributed by atoms with van der Waals surface area (Å²) in [6.45, 7) is -2.94. The van der Waals surface area contributed by atoms with Gasteiger partial charge in [-0.05, 0) is 29.7 Å². The Morgan fingerprint density at radius 3 is 2.68 bits per heavy atom. The largest absolute Gasteiger partial charge is 0.467 e. The van der Waals surface area contributed by atoms with Crippen LogP contribution in [0.2, 0.25) is 5.15 Å². The SMILES string of the molecule is COC(=O)[C@@H](Cc1cnn(C(F)F)c1)N1CCc2c(-c3nc4c(Cl)nn(C)c4cc3F)ccc(F)c2C1=O. The third-order valence-electron chi connectivity index (χ3n) is 6.47. The van der Waals surface area contributed by atoms with E-state index in [0.29, 0.717) is 10.2 Å². The van der Waals surface area contributed by atoms with Gasteiger partial charge < -0.3 is 9.64 Å². The number of rotatable bonds is 6. The van der Waals surface area contributed by atoms with Gasteiger partial charge in [0.1, 0.15) is 23.1 Å². The van der Waals surface area contributed by atoms with Gasteiger partial charge in [0.25, 0.3) is 5.91 Å². The molecule has 0 saturated heterocycles. The molecule has 0 spiro atoms. The average Bonchev–Trinajstić information content (AvgIpc) is 3.46. The number of halogens is 5. The molecule has 5 rings (SSSR count). The molecule has 3 aromatic heterocycles. The second-order valence-corrected chi connectivity index (χ2v) is 9.01. The number of aromatic nitrogens is 5. The summed E-state index contributed by atoms with van der Waals surface area (Å²) in [6.07, 6.45) is 2.07. The fourth-order valence-corrected chi connectivity index (χ4v) is 4.93. The molecule has 0 N–H and O–H groups in total. The second kappa shape index (κ2) is 9.71. The van der Waals surface area contributed by atoms with Crippen molar-refractivity contribution in [2.75, 3.05) is 13.7 Å². The number of nitrogens with zero attached hydrogens (tertiary/aromatic N) is 6. The first-order chi connectivity index (χ1) is 18.1. The molecule has 0 unspecified atom stereocenters. The second-order valence-electron chi connectivity index (χ2n) is 8.65. The minimum atomic E-state index is -2.88. The lowest BCUT2D eigenvalue weighted by molar-refractivity contribution is -0.146. The number of methoxy groups -OCH3 is 1. The number of alkyl halides is 2. The number of carbonyl (C=O) groups is 2. The highest BCUT2D eigenvalue weighted by atomic mass is 35.5. The molecular weight excluding hydrogens is 532 g/mol. The van der Waals surface area contributed by atoms with Crippen LogP contribution in [0.5, 0.6) is 0 Å². The van der Waals surface area contributed by atoms with E-state index in [-0.39, 0.29) is 58.0 Å². The van der Waals surface area contributed by atoms with Crippen LogP contribution in [-0.2, 0) is 29.4 Å². The highest BCUT2D eigenvalue weighted by Gasteiger charge is 2.38. The Balaban J connectivity index is 1.55. The standard InChI is InChI=1S/C24H19ClF4N6O3/c1-33-16-8-15(27)19(31-20(16)21(25)32-33)13-3-4-14(26)18-12(13)5-6-34(22(18)36)17(23(37)38-2)7-11-9-30-35(10-11)24(28)29/h3-4,8-10,17,24H,5-7H2,1-2H3/t17-/m1/s1. The first-order valence-electron chi connectivity index (χ1n) is 11.3. The van der Waals surface area contributed by atoms with E-state index in [0.717, 1.165) is 30.5 Å². The van der Waals surface area contributed by atoms with Gasteiger partial charge in [-0.3, -0.25) is 9.48 Å². The molecule has 0 saturated carbocycles. The highest BCUT2D eigenvalue weighted by Crippen LogP contribution is 2.35. The van der Waals surface area contributed by atoms with E-state index in [1.807, 2.05) is 0 Å². The quantitative estimate of drug-likeness (QED) is 0.267. The van der Waals surface area contributed by atoms with Gasteiger partial charge in [-0.15, -0.1) is 0 Å². The molecule has 198 valence electrons. The molecule has 1 aliphatic heterocycles. The maximum absolute atomic E-state index is 15.2. The van der Waals surface area contributed by atoms with Crippen molar-refractivity contribution in [3.63, 3.8) is 0 Å². The summed E-state index contributed by atoms with van der Waals surface area (Å²) in [7, 11) is 2.70. The molecule has 4 aromatic rings. The van der Waals surface area contributed by atoms with Crippen LogP contribution in [0, 0.1) is 11.6 Å². The fraction of sp³-hybridized carbons (Fsp3) is 0.292. The van der Waals surface area contributed by atoms with Crippen LogP contribution in [0.4, 0.5) is 17.6 Å². The average molecular weight is 551 g/mol. The lowest BCUT2D eigenvalue weighted by Crippen LogP contribution is -2.50. The lowest BCUT2D eigenvalue weighted by atomic mass is 9.90. The monoisotopic (exact) mass is 550 g/mol. The molecule has 0 fully saturated rings. The Bertz CT molecular complexity index is 1590. The van der Waals surface area contributed by atoms with Gasteiger partial charge >= 0.3 is 12.5 Å². The van der Waals surface area contributed by atoms with Gasteiger partial charge in [0.05, 0.1) is 24.4 Å². The van der Waals surface area contributed by atoms with Gasteiger partial charge in [-0.2, -0.15) is 19.0 Å². The molecule has 0 bridgehead atoms. The first-order valence-corrected chi connectivity index (χ1v) is 11.7. The van der Waals surface area contributed by atoms with Gasteiger partial charge in [0.2, 0.25) is 0 Å². The van der Waals surface area contributed by atoms with Crippen molar-refractivity contribution in [2.24, 2.45) is 7.05 Å². The molecule has 14 heteroatoms. The van der Waals surface area contributed by atoms with Crippen molar-refractivity contribution in [3.05, 3.63) is 64.1 Å². The number of aryl methyl sites for hydroxylation is 1. The molecule has 4 heterocycles. The van der Waals surface area contributed by atoms with Crippen LogP contribution in [0.3, 0.4) is 0 Å². The van der Waals surface area contributed by atoms with Crippen LogP contribution in [0.1, 0.15) is 28.0 Å². The van der Waals surface area contributed by atoms with E-state index in [9.17, 15) is 18.4 Å². The van der Waals surface area contributed by atoms with E-state index < -0.39 is 36.1 Å². The van der Waals surface area contributed by atoms with Crippen LogP contribution < -0.4 is 0 Å². The zero-order chi connectivity index (χ0) is 27.3. The van der Waals surface area contributed by atoms with Gasteiger partial charge in [-0.25, -0.2) is 23.2 Å². The molecule has 0 aliphatic carbocycles. The van der Waals surface area contributed by atoms with Crippen molar-refractivity contribution in [3.8, 4) is 11.3 Å². The van der Waals surface area contributed by atoms with Crippen LogP contribution in [-0.4, -0.2) is 61.0 Å². The highest BCUT2D eigenvalue weighted by molar-refractivity contribution is 6.33. The topological polar surface area (TPSA) is 95.1 Å².